The molecule has 3 fully saturated rings. The van der Waals surface area contributed by atoms with Crippen molar-refractivity contribution in [1.29, 1.82) is 0 Å². The Morgan fingerprint density at radius 1 is 1.15 bits per heavy atom. The third-order valence-corrected chi connectivity index (χ3v) is 7.32. The molecule has 4 aliphatic carbocycles. The van der Waals surface area contributed by atoms with E-state index in [9.17, 15) is 9.90 Å². The van der Waals surface area contributed by atoms with Gasteiger partial charge in [-0.15, -0.1) is 0 Å². The second kappa shape index (κ2) is 4.43. The molecule has 1 N–H and O–H groups in total. The van der Waals surface area contributed by atoms with Crippen LogP contribution in [0, 0.1) is 35.0 Å². The van der Waals surface area contributed by atoms with Crippen molar-refractivity contribution in [1.82, 2.24) is 0 Å². The van der Waals surface area contributed by atoms with E-state index in [-0.39, 0.29) is 11.5 Å². The fourth-order valence-electron chi connectivity index (χ4n) is 6.21. The number of carbonyl (C=O) groups is 1. The minimum Gasteiger partial charge on any atom is -0.393 e. The van der Waals surface area contributed by atoms with Gasteiger partial charge in [0, 0.05) is 6.42 Å². The highest BCUT2D eigenvalue weighted by Gasteiger charge is 2.56. The molecule has 0 saturated heterocycles. The number of rotatable bonds is 0. The molecule has 0 aromatic rings. The van der Waals surface area contributed by atoms with Crippen LogP contribution in [-0.2, 0) is 4.79 Å². The highest BCUT2D eigenvalue weighted by Crippen LogP contribution is 2.61. The molecular weight excluding hydrogens is 248 g/mol. The van der Waals surface area contributed by atoms with Crippen LogP contribution < -0.4 is 0 Å². The van der Waals surface area contributed by atoms with Crippen LogP contribution in [0.5, 0.6) is 0 Å². The minimum absolute atomic E-state index is 0.0744. The number of fused-ring (bicyclic) bond motifs is 5. The zero-order valence-corrected chi connectivity index (χ0v) is 12.4. The number of allylic oxidation sites excluding steroid dienone is 2. The highest BCUT2D eigenvalue weighted by atomic mass is 16.3. The molecule has 110 valence electrons. The van der Waals surface area contributed by atoms with Gasteiger partial charge in [-0.25, -0.2) is 0 Å². The molecule has 0 aliphatic heterocycles. The summed E-state index contributed by atoms with van der Waals surface area (Å²) in [6.07, 6.45) is 12.0. The Bertz CT molecular complexity index is 454. The summed E-state index contributed by atoms with van der Waals surface area (Å²) in [6, 6.07) is 0. The third-order valence-electron chi connectivity index (χ3n) is 7.32. The molecule has 4 aliphatic rings. The molecule has 2 nitrogen and oxygen atoms in total. The van der Waals surface area contributed by atoms with Crippen molar-refractivity contribution in [3.8, 4) is 0 Å². The molecule has 0 amide bonds. The van der Waals surface area contributed by atoms with E-state index in [4.69, 9.17) is 0 Å². The molecule has 2 heteroatoms. The molecule has 0 radical (unpaired) electrons. The number of aliphatic hydroxyl groups is 1. The second-order valence-electron chi connectivity index (χ2n) is 8.02. The smallest absolute Gasteiger partial charge is 0.155 e. The van der Waals surface area contributed by atoms with Gasteiger partial charge in [0.25, 0.3) is 0 Å². The fourth-order valence-corrected chi connectivity index (χ4v) is 6.21. The van der Waals surface area contributed by atoms with E-state index in [0.717, 1.165) is 30.6 Å². The summed E-state index contributed by atoms with van der Waals surface area (Å²) in [5.41, 5.74) is 0.183. The minimum atomic E-state index is -0.0744. The molecule has 7 atom stereocenters. The second-order valence-corrected chi connectivity index (χ2v) is 8.02. The summed E-state index contributed by atoms with van der Waals surface area (Å²) in [5.74, 6) is 3.90. The van der Waals surface area contributed by atoms with Crippen LogP contribution >= 0.6 is 0 Å². The highest BCUT2D eigenvalue weighted by molar-refractivity contribution is 5.90. The fraction of sp³-hybridized carbons (Fsp3) is 0.833. The Hall–Kier alpha value is -0.630. The van der Waals surface area contributed by atoms with Gasteiger partial charge in [0.1, 0.15) is 0 Å². The first kappa shape index (κ1) is 13.1. The maximum atomic E-state index is 11.6. The van der Waals surface area contributed by atoms with Crippen molar-refractivity contribution >= 4 is 5.78 Å². The SMILES string of the molecule is C[C@]12CC[C@@H]3[C@H]4C=CC(=O)C[C@H]4CC[C@H]3[C@@H]1CC[C@@H]2O. The van der Waals surface area contributed by atoms with Crippen molar-refractivity contribution in [2.24, 2.45) is 35.0 Å². The Kier molecular flexibility index (Phi) is 2.89. The van der Waals surface area contributed by atoms with Crippen LogP contribution in [-0.4, -0.2) is 17.0 Å². The summed E-state index contributed by atoms with van der Waals surface area (Å²) in [4.78, 5) is 11.6. The summed E-state index contributed by atoms with van der Waals surface area (Å²) in [6.45, 7) is 2.33. The average Bonchev–Trinajstić information content (AvgIpc) is 2.74. The van der Waals surface area contributed by atoms with Crippen LogP contribution in [0.1, 0.15) is 51.9 Å². The Morgan fingerprint density at radius 3 is 2.85 bits per heavy atom. The van der Waals surface area contributed by atoms with Gasteiger partial charge >= 0.3 is 0 Å². The van der Waals surface area contributed by atoms with Gasteiger partial charge in [-0.05, 0) is 79.6 Å². The lowest BCUT2D eigenvalue weighted by Gasteiger charge is -2.54. The van der Waals surface area contributed by atoms with Crippen molar-refractivity contribution < 1.29 is 9.90 Å². The number of hydrogen-bond donors (Lipinski definition) is 1. The summed E-state index contributed by atoms with van der Waals surface area (Å²) in [7, 11) is 0. The van der Waals surface area contributed by atoms with Crippen LogP contribution in [0.3, 0.4) is 0 Å². The van der Waals surface area contributed by atoms with Crippen molar-refractivity contribution in [2.45, 2.75) is 58.0 Å². The van der Waals surface area contributed by atoms with E-state index in [0.29, 0.717) is 17.6 Å². The summed E-state index contributed by atoms with van der Waals surface area (Å²) < 4.78 is 0. The van der Waals surface area contributed by atoms with E-state index in [2.05, 4.69) is 13.0 Å². The Morgan fingerprint density at radius 2 is 2.00 bits per heavy atom. The maximum Gasteiger partial charge on any atom is 0.155 e. The number of carbonyl (C=O) groups excluding carboxylic acids is 1. The molecule has 0 unspecified atom stereocenters. The van der Waals surface area contributed by atoms with E-state index in [1.54, 1.807) is 0 Å². The first-order valence-corrected chi connectivity index (χ1v) is 8.48. The van der Waals surface area contributed by atoms with Crippen LogP contribution in [0.2, 0.25) is 0 Å². The first-order chi connectivity index (χ1) is 9.59. The lowest BCUT2D eigenvalue weighted by molar-refractivity contribution is -0.118. The molecule has 0 heterocycles. The number of ketones is 1. The van der Waals surface area contributed by atoms with Gasteiger partial charge in [-0.3, -0.25) is 4.79 Å². The standard InChI is InChI=1S/C18H26O2/c1-18-9-8-14-13-5-3-12(19)10-11(13)2-4-15(14)16(18)6-7-17(18)20/h3,5,11,13-17,20H,2,4,6-10H2,1H3/t11-,13+,14-,15-,16+,17+,18+/m1/s1. The van der Waals surface area contributed by atoms with Crippen molar-refractivity contribution in [3.63, 3.8) is 0 Å². The normalized spacial score (nSPS) is 54.2. The van der Waals surface area contributed by atoms with Gasteiger partial charge in [-0.2, -0.15) is 0 Å². The van der Waals surface area contributed by atoms with Crippen LogP contribution in [0.15, 0.2) is 12.2 Å². The van der Waals surface area contributed by atoms with E-state index < -0.39 is 0 Å². The Balaban J connectivity index is 1.62. The average molecular weight is 274 g/mol. The van der Waals surface area contributed by atoms with Crippen molar-refractivity contribution in [3.05, 3.63) is 12.2 Å². The zero-order chi connectivity index (χ0) is 13.9. The van der Waals surface area contributed by atoms with E-state index in [1.165, 1.54) is 32.1 Å². The molecule has 0 aromatic heterocycles. The van der Waals surface area contributed by atoms with Gasteiger partial charge in [0.2, 0.25) is 0 Å². The third kappa shape index (κ3) is 1.70. The molecular formula is C18H26O2. The van der Waals surface area contributed by atoms with E-state index in [1.807, 2.05) is 6.08 Å². The van der Waals surface area contributed by atoms with Crippen molar-refractivity contribution in [2.75, 3.05) is 0 Å². The van der Waals surface area contributed by atoms with Gasteiger partial charge in [0.15, 0.2) is 5.78 Å². The Labute approximate surface area is 121 Å². The predicted octanol–water partition coefficient (Wildman–Crippen LogP) is 3.35. The topological polar surface area (TPSA) is 37.3 Å². The lowest BCUT2D eigenvalue weighted by atomic mass is 9.51. The molecule has 0 aromatic carbocycles. The monoisotopic (exact) mass is 274 g/mol. The molecule has 4 rings (SSSR count). The number of aliphatic hydroxyl groups excluding tert-OH is 1. The molecule has 20 heavy (non-hydrogen) atoms. The molecule has 3 saturated carbocycles. The van der Waals surface area contributed by atoms with Crippen LogP contribution in [0.4, 0.5) is 0 Å². The maximum absolute atomic E-state index is 11.6. The molecule has 0 spiro atoms. The van der Waals surface area contributed by atoms with E-state index >= 15 is 0 Å². The van der Waals surface area contributed by atoms with Gasteiger partial charge in [-0.1, -0.05) is 13.0 Å². The zero-order valence-electron chi connectivity index (χ0n) is 12.4. The quantitative estimate of drug-likeness (QED) is 0.735. The van der Waals surface area contributed by atoms with Gasteiger partial charge in [0.05, 0.1) is 6.10 Å². The van der Waals surface area contributed by atoms with Gasteiger partial charge < -0.3 is 5.11 Å². The summed E-state index contributed by atoms with van der Waals surface area (Å²) in [5, 5.41) is 10.4. The first-order valence-electron chi connectivity index (χ1n) is 8.48. The molecule has 0 bridgehead atoms. The lowest BCUT2D eigenvalue weighted by Crippen LogP contribution is -2.48. The predicted molar refractivity (Wildman–Crippen MR) is 78.0 cm³/mol. The van der Waals surface area contributed by atoms with Crippen LogP contribution in [0.25, 0.3) is 0 Å². The summed E-state index contributed by atoms with van der Waals surface area (Å²) >= 11 is 0. The largest absolute Gasteiger partial charge is 0.393 e. The number of hydrogen-bond acceptors (Lipinski definition) is 2.